The SMILES string of the molecule is Cc1cc(SSc2cc(C)c(Cl)cc2C)c(C)cc1Cl. The first-order valence-electron chi connectivity index (χ1n) is 6.26. The number of halogens is 2. The van der Waals surface area contributed by atoms with Crippen LogP contribution in [0, 0.1) is 27.7 Å². The zero-order valence-electron chi connectivity index (χ0n) is 11.9. The van der Waals surface area contributed by atoms with Crippen molar-refractivity contribution in [3.63, 3.8) is 0 Å². The standard InChI is InChI=1S/C16H16Cl2S2/c1-9-7-15(11(3)5-13(9)17)19-20-16-8-10(2)14(18)6-12(16)4/h5-8H,1-4H3. The monoisotopic (exact) mass is 342 g/mol. The van der Waals surface area contributed by atoms with Crippen LogP contribution in [0.5, 0.6) is 0 Å². The van der Waals surface area contributed by atoms with Gasteiger partial charge in [-0.25, -0.2) is 0 Å². The Labute approximate surface area is 138 Å². The summed E-state index contributed by atoms with van der Waals surface area (Å²) in [7, 11) is 3.53. The number of aryl methyl sites for hydroxylation is 4. The number of rotatable bonds is 3. The average molecular weight is 343 g/mol. The molecule has 4 heteroatoms. The van der Waals surface area contributed by atoms with Gasteiger partial charge in [0.1, 0.15) is 0 Å². The Bertz CT molecular complexity index is 594. The van der Waals surface area contributed by atoms with Crippen molar-refractivity contribution in [1.82, 2.24) is 0 Å². The fourth-order valence-corrected chi connectivity index (χ4v) is 4.84. The number of hydrogen-bond donors (Lipinski definition) is 0. The molecule has 2 aromatic carbocycles. The zero-order chi connectivity index (χ0) is 14.9. The van der Waals surface area contributed by atoms with Crippen molar-refractivity contribution in [2.45, 2.75) is 37.5 Å². The molecule has 0 bridgehead atoms. The molecule has 0 saturated heterocycles. The lowest BCUT2D eigenvalue weighted by molar-refractivity contribution is 1.26. The highest BCUT2D eigenvalue weighted by Gasteiger charge is 2.08. The molecule has 20 heavy (non-hydrogen) atoms. The first-order chi connectivity index (χ1) is 9.38. The fraction of sp³-hybridized carbons (Fsp3) is 0.250. The molecule has 0 heterocycles. The molecule has 0 fully saturated rings. The second kappa shape index (κ2) is 6.65. The van der Waals surface area contributed by atoms with Crippen LogP contribution in [0.4, 0.5) is 0 Å². The third kappa shape index (κ3) is 3.67. The van der Waals surface area contributed by atoms with Crippen LogP contribution in [0.25, 0.3) is 0 Å². The third-order valence-corrected chi connectivity index (χ3v) is 6.60. The van der Waals surface area contributed by atoms with Gasteiger partial charge in [-0.2, -0.15) is 0 Å². The number of benzene rings is 2. The summed E-state index contributed by atoms with van der Waals surface area (Å²) in [6.45, 7) is 8.25. The Morgan fingerprint density at radius 1 is 0.600 bits per heavy atom. The summed E-state index contributed by atoms with van der Waals surface area (Å²) >= 11 is 12.3. The van der Waals surface area contributed by atoms with Gasteiger partial charge >= 0.3 is 0 Å². The molecule has 0 aliphatic carbocycles. The summed E-state index contributed by atoms with van der Waals surface area (Å²) in [4.78, 5) is 2.51. The van der Waals surface area contributed by atoms with Gasteiger partial charge in [0.15, 0.2) is 0 Å². The maximum absolute atomic E-state index is 6.14. The van der Waals surface area contributed by atoms with Crippen LogP contribution < -0.4 is 0 Å². The minimum atomic E-state index is 0.829. The lowest BCUT2D eigenvalue weighted by atomic mass is 10.2. The summed E-state index contributed by atoms with van der Waals surface area (Å²) in [6, 6.07) is 8.35. The second-order valence-corrected chi connectivity index (χ2v) is 7.93. The van der Waals surface area contributed by atoms with Crippen LogP contribution in [-0.4, -0.2) is 0 Å². The van der Waals surface area contributed by atoms with E-state index < -0.39 is 0 Å². The largest absolute Gasteiger partial charge is 0.0840 e. The molecule has 0 amide bonds. The molecule has 0 radical (unpaired) electrons. The van der Waals surface area contributed by atoms with Gasteiger partial charge in [-0.1, -0.05) is 44.8 Å². The van der Waals surface area contributed by atoms with Crippen LogP contribution in [-0.2, 0) is 0 Å². The van der Waals surface area contributed by atoms with E-state index in [-0.39, 0.29) is 0 Å². The Hall–Kier alpha value is -0.280. The average Bonchev–Trinajstić information content (AvgIpc) is 2.37. The van der Waals surface area contributed by atoms with Gasteiger partial charge in [-0.15, -0.1) is 0 Å². The minimum absolute atomic E-state index is 0.829. The summed E-state index contributed by atoms with van der Waals surface area (Å²) in [5.41, 5.74) is 4.65. The summed E-state index contributed by atoms with van der Waals surface area (Å²) in [5.74, 6) is 0. The van der Waals surface area contributed by atoms with Crippen molar-refractivity contribution in [3.8, 4) is 0 Å². The van der Waals surface area contributed by atoms with Gasteiger partial charge in [0.2, 0.25) is 0 Å². The van der Waals surface area contributed by atoms with Crippen molar-refractivity contribution in [2.24, 2.45) is 0 Å². The predicted octanol–water partition coefficient (Wildman–Crippen LogP) is 7.03. The maximum Gasteiger partial charge on any atom is 0.0438 e. The van der Waals surface area contributed by atoms with Crippen molar-refractivity contribution in [3.05, 3.63) is 56.6 Å². The third-order valence-electron chi connectivity index (χ3n) is 3.13. The van der Waals surface area contributed by atoms with E-state index in [1.165, 1.54) is 20.9 Å². The molecular formula is C16H16Cl2S2. The molecule has 0 unspecified atom stereocenters. The van der Waals surface area contributed by atoms with E-state index in [2.05, 4.69) is 26.0 Å². The molecule has 2 aromatic rings. The zero-order valence-corrected chi connectivity index (χ0v) is 15.0. The Morgan fingerprint density at radius 2 is 0.950 bits per heavy atom. The Kier molecular flexibility index (Phi) is 5.36. The van der Waals surface area contributed by atoms with Crippen LogP contribution in [0.2, 0.25) is 10.0 Å². The lowest BCUT2D eigenvalue weighted by Gasteiger charge is -2.10. The van der Waals surface area contributed by atoms with Gasteiger partial charge in [0.05, 0.1) is 0 Å². The van der Waals surface area contributed by atoms with Crippen molar-refractivity contribution in [1.29, 1.82) is 0 Å². The van der Waals surface area contributed by atoms with Gasteiger partial charge in [-0.05, 0) is 74.2 Å². The van der Waals surface area contributed by atoms with E-state index >= 15 is 0 Å². The summed E-state index contributed by atoms with van der Waals surface area (Å²) < 4.78 is 0. The van der Waals surface area contributed by atoms with Crippen molar-refractivity contribution >= 4 is 44.8 Å². The molecular weight excluding hydrogens is 327 g/mol. The fourth-order valence-electron chi connectivity index (χ4n) is 1.78. The summed E-state index contributed by atoms with van der Waals surface area (Å²) in [6.07, 6.45) is 0. The van der Waals surface area contributed by atoms with Gasteiger partial charge < -0.3 is 0 Å². The Balaban J connectivity index is 2.21. The van der Waals surface area contributed by atoms with E-state index in [4.69, 9.17) is 23.2 Å². The van der Waals surface area contributed by atoms with Crippen LogP contribution in [0.15, 0.2) is 34.1 Å². The smallest absolute Gasteiger partial charge is 0.0438 e. The van der Waals surface area contributed by atoms with E-state index in [0.717, 1.165) is 21.2 Å². The Morgan fingerprint density at radius 3 is 1.30 bits per heavy atom. The first kappa shape index (κ1) is 16.1. The molecule has 0 aliphatic rings. The molecule has 0 N–H and O–H groups in total. The normalized spacial score (nSPS) is 10.9. The predicted molar refractivity (Wildman–Crippen MR) is 93.6 cm³/mol. The van der Waals surface area contributed by atoms with Crippen LogP contribution >= 0.6 is 44.8 Å². The minimum Gasteiger partial charge on any atom is -0.0840 e. The maximum atomic E-state index is 6.14. The highest BCUT2D eigenvalue weighted by Crippen LogP contribution is 2.42. The van der Waals surface area contributed by atoms with Gasteiger partial charge in [0, 0.05) is 19.8 Å². The number of hydrogen-bond acceptors (Lipinski definition) is 2. The molecule has 0 nitrogen and oxygen atoms in total. The van der Waals surface area contributed by atoms with E-state index in [1.807, 2.05) is 26.0 Å². The molecule has 0 saturated carbocycles. The first-order valence-corrected chi connectivity index (χ1v) is 9.17. The van der Waals surface area contributed by atoms with Crippen molar-refractivity contribution in [2.75, 3.05) is 0 Å². The molecule has 0 aliphatic heterocycles. The highest BCUT2D eigenvalue weighted by atomic mass is 35.5. The lowest BCUT2D eigenvalue weighted by Crippen LogP contribution is -1.84. The highest BCUT2D eigenvalue weighted by molar-refractivity contribution is 8.76. The quantitative estimate of drug-likeness (QED) is 0.549. The molecule has 106 valence electrons. The summed E-state index contributed by atoms with van der Waals surface area (Å²) in [5, 5.41) is 1.66. The van der Waals surface area contributed by atoms with Crippen molar-refractivity contribution < 1.29 is 0 Å². The second-order valence-electron chi connectivity index (χ2n) is 4.90. The molecule has 0 spiro atoms. The van der Waals surface area contributed by atoms with Crippen LogP contribution in [0.3, 0.4) is 0 Å². The topological polar surface area (TPSA) is 0 Å². The van der Waals surface area contributed by atoms with E-state index in [0.29, 0.717) is 0 Å². The van der Waals surface area contributed by atoms with Gasteiger partial charge in [-0.3, -0.25) is 0 Å². The molecule has 2 rings (SSSR count). The van der Waals surface area contributed by atoms with E-state index in [1.54, 1.807) is 21.6 Å². The van der Waals surface area contributed by atoms with E-state index in [9.17, 15) is 0 Å². The molecule has 0 atom stereocenters. The molecule has 0 aromatic heterocycles. The van der Waals surface area contributed by atoms with Crippen LogP contribution in [0.1, 0.15) is 22.3 Å². The van der Waals surface area contributed by atoms with Gasteiger partial charge in [0.25, 0.3) is 0 Å².